The van der Waals surface area contributed by atoms with E-state index in [0.29, 0.717) is 0 Å². The van der Waals surface area contributed by atoms with Crippen LogP contribution in [0.3, 0.4) is 0 Å². The number of hydrogen-bond acceptors (Lipinski definition) is 3. The van der Waals surface area contributed by atoms with E-state index >= 15 is 0 Å². The van der Waals surface area contributed by atoms with E-state index in [4.69, 9.17) is 0 Å². The first-order valence-corrected chi connectivity index (χ1v) is 5.41. The highest BCUT2D eigenvalue weighted by Gasteiger charge is 2.30. The maximum Gasteiger partial charge on any atom is 0.416 e. The topological polar surface area (TPSA) is 55.4 Å². The summed E-state index contributed by atoms with van der Waals surface area (Å²) in [6.45, 7) is 2.98. The van der Waals surface area contributed by atoms with Crippen LogP contribution in [0.4, 0.5) is 18.9 Å². The SMILES string of the molecule is CCOC(=O)C(=O)Nc1ccc(C(F)(F)F)cc1C. The number of anilines is 1. The standard InChI is InChI=1S/C12H12F3NO3/c1-3-19-11(18)10(17)16-9-5-4-8(6-7(9)2)12(13,14)15/h4-6H,3H2,1-2H3,(H,16,17). The minimum atomic E-state index is -4.45. The molecule has 7 heteroatoms. The minimum absolute atomic E-state index is 0.0399. The first kappa shape index (κ1) is 15.0. The van der Waals surface area contributed by atoms with E-state index in [-0.39, 0.29) is 17.9 Å². The zero-order chi connectivity index (χ0) is 14.6. The summed E-state index contributed by atoms with van der Waals surface area (Å²) in [6.07, 6.45) is -4.45. The molecule has 0 aromatic heterocycles. The van der Waals surface area contributed by atoms with Crippen LogP contribution in [0.2, 0.25) is 0 Å². The molecule has 4 nitrogen and oxygen atoms in total. The van der Waals surface area contributed by atoms with Crippen LogP contribution in [-0.4, -0.2) is 18.5 Å². The summed E-state index contributed by atoms with van der Waals surface area (Å²) in [4.78, 5) is 22.4. The summed E-state index contributed by atoms with van der Waals surface area (Å²) < 4.78 is 41.8. The molecule has 0 heterocycles. The molecule has 0 spiro atoms. The lowest BCUT2D eigenvalue weighted by Crippen LogP contribution is -2.25. The average Bonchev–Trinajstić information content (AvgIpc) is 2.30. The van der Waals surface area contributed by atoms with Crippen LogP contribution in [-0.2, 0) is 20.5 Å². The lowest BCUT2D eigenvalue weighted by Gasteiger charge is -2.11. The number of carbonyl (C=O) groups is 2. The minimum Gasteiger partial charge on any atom is -0.459 e. The highest BCUT2D eigenvalue weighted by atomic mass is 19.4. The third kappa shape index (κ3) is 3.97. The number of nitrogens with one attached hydrogen (secondary N) is 1. The van der Waals surface area contributed by atoms with E-state index < -0.39 is 23.6 Å². The van der Waals surface area contributed by atoms with Gasteiger partial charge in [0.15, 0.2) is 0 Å². The molecular weight excluding hydrogens is 263 g/mol. The molecule has 0 aliphatic rings. The summed E-state index contributed by atoms with van der Waals surface area (Å²) in [5.41, 5.74) is -0.488. The van der Waals surface area contributed by atoms with Crippen molar-refractivity contribution < 1.29 is 27.5 Å². The van der Waals surface area contributed by atoms with Crippen LogP contribution >= 0.6 is 0 Å². The zero-order valence-electron chi connectivity index (χ0n) is 10.3. The quantitative estimate of drug-likeness (QED) is 0.666. The Balaban J connectivity index is 2.87. The Morgan fingerprint density at radius 2 is 1.95 bits per heavy atom. The van der Waals surface area contributed by atoms with Crippen molar-refractivity contribution in [3.63, 3.8) is 0 Å². The molecule has 0 fully saturated rings. The van der Waals surface area contributed by atoms with Crippen molar-refractivity contribution in [1.29, 1.82) is 0 Å². The number of halogens is 3. The lowest BCUT2D eigenvalue weighted by atomic mass is 10.1. The fraction of sp³-hybridized carbons (Fsp3) is 0.333. The smallest absolute Gasteiger partial charge is 0.416 e. The number of esters is 1. The van der Waals surface area contributed by atoms with Crippen LogP contribution in [0.15, 0.2) is 18.2 Å². The van der Waals surface area contributed by atoms with Crippen molar-refractivity contribution >= 4 is 17.6 Å². The number of amides is 1. The summed E-state index contributed by atoms with van der Waals surface area (Å²) in [5, 5.41) is 2.19. The van der Waals surface area contributed by atoms with Crippen molar-refractivity contribution in [2.45, 2.75) is 20.0 Å². The van der Waals surface area contributed by atoms with Gasteiger partial charge in [-0.05, 0) is 37.6 Å². The Hall–Kier alpha value is -2.05. The number of ether oxygens (including phenoxy) is 1. The number of benzene rings is 1. The Morgan fingerprint density at radius 3 is 2.42 bits per heavy atom. The van der Waals surface area contributed by atoms with Gasteiger partial charge in [0, 0.05) is 5.69 Å². The second-order valence-electron chi connectivity index (χ2n) is 3.70. The third-order valence-electron chi connectivity index (χ3n) is 2.26. The van der Waals surface area contributed by atoms with Crippen LogP contribution in [0, 0.1) is 6.92 Å². The van der Waals surface area contributed by atoms with Gasteiger partial charge in [-0.1, -0.05) is 0 Å². The van der Waals surface area contributed by atoms with E-state index in [1.165, 1.54) is 13.8 Å². The molecule has 0 radical (unpaired) electrons. The lowest BCUT2D eigenvalue weighted by molar-refractivity contribution is -0.152. The molecule has 1 aromatic rings. The molecule has 0 aliphatic carbocycles. The molecule has 1 rings (SSSR count). The van der Waals surface area contributed by atoms with Gasteiger partial charge in [-0.2, -0.15) is 13.2 Å². The fourth-order valence-electron chi connectivity index (χ4n) is 1.35. The van der Waals surface area contributed by atoms with Crippen molar-refractivity contribution in [3.8, 4) is 0 Å². The molecule has 0 atom stereocenters. The molecule has 104 valence electrons. The van der Waals surface area contributed by atoms with Crippen LogP contribution in [0.5, 0.6) is 0 Å². The predicted molar refractivity (Wildman–Crippen MR) is 61.4 cm³/mol. The number of alkyl halides is 3. The summed E-state index contributed by atoms with van der Waals surface area (Å²) >= 11 is 0. The van der Waals surface area contributed by atoms with Crippen LogP contribution in [0.1, 0.15) is 18.1 Å². The molecule has 0 bridgehead atoms. The number of hydrogen-bond donors (Lipinski definition) is 1. The second-order valence-corrected chi connectivity index (χ2v) is 3.70. The van der Waals surface area contributed by atoms with E-state index in [1.54, 1.807) is 0 Å². The number of carbonyl (C=O) groups excluding carboxylic acids is 2. The van der Waals surface area contributed by atoms with Gasteiger partial charge in [-0.15, -0.1) is 0 Å². The third-order valence-corrected chi connectivity index (χ3v) is 2.26. The summed E-state index contributed by atoms with van der Waals surface area (Å²) in [5.74, 6) is -2.11. The normalized spacial score (nSPS) is 11.0. The van der Waals surface area contributed by atoms with Crippen molar-refractivity contribution in [3.05, 3.63) is 29.3 Å². The molecule has 19 heavy (non-hydrogen) atoms. The van der Waals surface area contributed by atoms with Gasteiger partial charge in [0.1, 0.15) is 0 Å². The highest BCUT2D eigenvalue weighted by Crippen LogP contribution is 2.31. The van der Waals surface area contributed by atoms with Crippen molar-refractivity contribution in [2.24, 2.45) is 0 Å². The molecule has 0 saturated heterocycles. The Bertz CT molecular complexity index is 497. The first-order chi connectivity index (χ1) is 8.75. The maximum absolute atomic E-state index is 12.4. The van der Waals surface area contributed by atoms with E-state index in [0.717, 1.165) is 18.2 Å². The van der Waals surface area contributed by atoms with E-state index in [9.17, 15) is 22.8 Å². The van der Waals surface area contributed by atoms with E-state index in [2.05, 4.69) is 10.1 Å². The number of aryl methyl sites for hydroxylation is 1. The fourth-order valence-corrected chi connectivity index (χ4v) is 1.35. The summed E-state index contributed by atoms with van der Waals surface area (Å²) in [7, 11) is 0. The summed E-state index contributed by atoms with van der Waals surface area (Å²) in [6, 6.07) is 2.81. The number of rotatable bonds is 2. The zero-order valence-corrected chi connectivity index (χ0v) is 10.3. The molecule has 1 aromatic carbocycles. The van der Waals surface area contributed by atoms with Gasteiger partial charge in [-0.25, -0.2) is 4.79 Å². The van der Waals surface area contributed by atoms with Gasteiger partial charge in [0.25, 0.3) is 0 Å². The molecule has 0 saturated carbocycles. The highest BCUT2D eigenvalue weighted by molar-refractivity contribution is 6.37. The maximum atomic E-state index is 12.4. The van der Waals surface area contributed by atoms with Crippen LogP contribution < -0.4 is 5.32 Å². The second kappa shape index (κ2) is 5.73. The van der Waals surface area contributed by atoms with E-state index in [1.807, 2.05) is 0 Å². The Kier molecular flexibility index (Phi) is 4.52. The largest absolute Gasteiger partial charge is 0.459 e. The first-order valence-electron chi connectivity index (χ1n) is 5.41. The Morgan fingerprint density at radius 1 is 1.32 bits per heavy atom. The van der Waals surface area contributed by atoms with Crippen molar-refractivity contribution in [1.82, 2.24) is 0 Å². The molecular formula is C12H12F3NO3. The molecule has 1 N–H and O–H groups in total. The van der Waals surface area contributed by atoms with Gasteiger partial charge in [0.05, 0.1) is 12.2 Å². The monoisotopic (exact) mass is 275 g/mol. The average molecular weight is 275 g/mol. The predicted octanol–water partition coefficient (Wildman–Crippen LogP) is 2.52. The Labute approximate surface area is 107 Å². The molecule has 1 amide bonds. The van der Waals surface area contributed by atoms with Gasteiger partial charge in [-0.3, -0.25) is 4.79 Å². The molecule has 0 aliphatic heterocycles. The van der Waals surface area contributed by atoms with Crippen LogP contribution in [0.25, 0.3) is 0 Å². The van der Waals surface area contributed by atoms with Crippen molar-refractivity contribution in [2.75, 3.05) is 11.9 Å². The van der Waals surface area contributed by atoms with Gasteiger partial charge >= 0.3 is 18.1 Å². The van der Waals surface area contributed by atoms with Gasteiger partial charge < -0.3 is 10.1 Å². The molecule has 0 unspecified atom stereocenters. The van der Waals surface area contributed by atoms with Gasteiger partial charge in [0.2, 0.25) is 0 Å².